The van der Waals surface area contributed by atoms with Crippen LogP contribution >= 0.6 is 0 Å². The van der Waals surface area contributed by atoms with Crippen LogP contribution in [0, 0.1) is 5.92 Å². The Hall–Kier alpha value is -2.87. The number of piperidine rings is 1. The Morgan fingerprint density at radius 2 is 1.77 bits per heavy atom. The van der Waals surface area contributed by atoms with Crippen molar-refractivity contribution >= 4 is 27.6 Å². The van der Waals surface area contributed by atoms with E-state index in [1.807, 2.05) is 0 Å². The van der Waals surface area contributed by atoms with Crippen LogP contribution in [-0.4, -0.2) is 51.9 Å². The molecule has 0 radical (unpaired) electrons. The van der Waals surface area contributed by atoms with Crippen LogP contribution in [0.1, 0.15) is 30.1 Å². The molecule has 1 unspecified atom stereocenters. The smallest absolute Gasteiger partial charge is 0.310 e. The highest BCUT2D eigenvalue weighted by atomic mass is 32.2. The second-order valence-corrected chi connectivity index (χ2v) is 9.08. The zero-order valence-electron chi connectivity index (χ0n) is 17.2. The van der Waals surface area contributed by atoms with Crippen LogP contribution in [0.15, 0.2) is 59.5 Å². The summed E-state index contributed by atoms with van der Waals surface area (Å²) in [5.41, 5.74) is 0.602. The molecule has 1 saturated heterocycles. The summed E-state index contributed by atoms with van der Waals surface area (Å²) < 4.78 is 32.8. The van der Waals surface area contributed by atoms with Gasteiger partial charge in [-0.1, -0.05) is 30.3 Å². The van der Waals surface area contributed by atoms with Crippen LogP contribution in [-0.2, 0) is 19.6 Å². The van der Waals surface area contributed by atoms with E-state index in [1.54, 1.807) is 54.3 Å². The lowest BCUT2D eigenvalue weighted by molar-refractivity contribution is -0.149. The number of carbonyl (C=O) groups is 2. The van der Waals surface area contributed by atoms with Gasteiger partial charge in [-0.05, 0) is 44.0 Å². The lowest BCUT2D eigenvalue weighted by Crippen LogP contribution is -2.43. The van der Waals surface area contributed by atoms with E-state index < -0.39 is 21.8 Å². The third-order valence-corrected chi connectivity index (χ3v) is 7.05. The molecule has 1 atom stereocenters. The third kappa shape index (κ3) is 4.48. The van der Waals surface area contributed by atoms with Crippen molar-refractivity contribution in [1.82, 2.24) is 4.90 Å². The summed E-state index contributed by atoms with van der Waals surface area (Å²) in [5.74, 6) is -1.11. The van der Waals surface area contributed by atoms with Gasteiger partial charge in [-0.25, -0.2) is 8.42 Å². The molecule has 0 bridgehead atoms. The van der Waals surface area contributed by atoms with Crippen LogP contribution in [0.4, 0.5) is 5.69 Å². The van der Waals surface area contributed by atoms with Crippen molar-refractivity contribution in [2.45, 2.75) is 24.7 Å². The molecule has 0 aliphatic carbocycles. The molecule has 8 heteroatoms. The Morgan fingerprint density at radius 3 is 2.47 bits per heavy atom. The van der Waals surface area contributed by atoms with Gasteiger partial charge in [0.25, 0.3) is 15.9 Å². The number of amides is 1. The Bertz CT molecular complexity index is 1010. The summed E-state index contributed by atoms with van der Waals surface area (Å²) in [6, 6.07) is 14.9. The molecule has 0 N–H and O–H groups in total. The van der Waals surface area contributed by atoms with Gasteiger partial charge in [0.2, 0.25) is 0 Å². The van der Waals surface area contributed by atoms with Crippen molar-refractivity contribution in [1.29, 1.82) is 0 Å². The number of anilines is 1. The molecule has 2 aromatic rings. The number of sulfonamides is 1. The minimum absolute atomic E-state index is 0.0559. The number of benzene rings is 2. The van der Waals surface area contributed by atoms with Gasteiger partial charge in [0.1, 0.15) is 4.90 Å². The SMILES string of the molecule is CCOC(=O)C1CCCN(C(=O)c2ccccc2S(=O)(=O)N(C)c2ccccc2)C1. The molecule has 1 fully saturated rings. The zero-order chi connectivity index (χ0) is 21.7. The van der Waals surface area contributed by atoms with Gasteiger partial charge >= 0.3 is 5.97 Å². The number of ether oxygens (including phenoxy) is 1. The quantitative estimate of drug-likeness (QED) is 0.658. The predicted octanol–water partition coefficient (Wildman–Crippen LogP) is 2.93. The molecule has 1 aliphatic rings. The van der Waals surface area contributed by atoms with Crippen molar-refractivity contribution in [3.8, 4) is 0 Å². The number of para-hydroxylation sites is 1. The van der Waals surface area contributed by atoms with Crippen LogP contribution < -0.4 is 4.31 Å². The largest absolute Gasteiger partial charge is 0.466 e. The molecule has 1 amide bonds. The van der Waals surface area contributed by atoms with Crippen LogP contribution in [0.2, 0.25) is 0 Å². The van der Waals surface area contributed by atoms with Gasteiger partial charge in [-0.15, -0.1) is 0 Å². The second-order valence-electron chi connectivity index (χ2n) is 7.15. The summed E-state index contributed by atoms with van der Waals surface area (Å²) in [6.45, 7) is 2.72. The molecule has 30 heavy (non-hydrogen) atoms. The number of nitrogens with zero attached hydrogens (tertiary/aromatic N) is 2. The zero-order valence-corrected chi connectivity index (χ0v) is 18.0. The number of hydrogen-bond acceptors (Lipinski definition) is 5. The molecule has 7 nitrogen and oxygen atoms in total. The highest BCUT2D eigenvalue weighted by molar-refractivity contribution is 7.92. The Labute approximate surface area is 177 Å². The van der Waals surface area contributed by atoms with Crippen molar-refractivity contribution in [3.63, 3.8) is 0 Å². The van der Waals surface area contributed by atoms with E-state index in [2.05, 4.69) is 0 Å². The standard InChI is InChI=1S/C22H26N2O5S/c1-3-29-22(26)17-10-9-15-24(16-17)21(25)19-13-7-8-14-20(19)30(27,28)23(2)18-11-5-4-6-12-18/h4-8,11-14,17H,3,9-10,15-16H2,1-2H3. The van der Waals surface area contributed by atoms with Crippen LogP contribution in [0.3, 0.4) is 0 Å². The second kappa shape index (κ2) is 9.30. The molecule has 3 rings (SSSR count). The minimum atomic E-state index is -3.95. The number of carbonyl (C=O) groups excluding carboxylic acids is 2. The molecular weight excluding hydrogens is 404 g/mol. The van der Waals surface area contributed by atoms with E-state index in [0.717, 1.165) is 4.31 Å². The maximum Gasteiger partial charge on any atom is 0.310 e. The average Bonchev–Trinajstić information content (AvgIpc) is 2.79. The summed E-state index contributed by atoms with van der Waals surface area (Å²) in [6.07, 6.45) is 1.31. The van der Waals surface area contributed by atoms with Crippen LogP contribution in [0.25, 0.3) is 0 Å². The van der Waals surface area contributed by atoms with E-state index in [-0.39, 0.29) is 29.6 Å². The van der Waals surface area contributed by atoms with E-state index >= 15 is 0 Å². The van der Waals surface area contributed by atoms with E-state index in [4.69, 9.17) is 4.74 Å². The maximum absolute atomic E-state index is 13.3. The average molecular weight is 431 g/mol. The number of likely N-dealkylation sites (tertiary alicyclic amines) is 1. The van der Waals surface area contributed by atoms with Gasteiger partial charge in [0.05, 0.1) is 23.8 Å². The lowest BCUT2D eigenvalue weighted by atomic mass is 9.97. The van der Waals surface area contributed by atoms with Crippen molar-refractivity contribution in [3.05, 3.63) is 60.2 Å². The van der Waals surface area contributed by atoms with Gasteiger partial charge < -0.3 is 9.64 Å². The molecule has 1 heterocycles. The molecule has 1 aliphatic heterocycles. The molecule has 0 aromatic heterocycles. The van der Waals surface area contributed by atoms with Crippen LogP contribution in [0.5, 0.6) is 0 Å². The van der Waals surface area contributed by atoms with Crippen molar-refractivity contribution in [2.75, 3.05) is 31.0 Å². The third-order valence-electron chi connectivity index (χ3n) is 5.20. The van der Waals surface area contributed by atoms with Gasteiger partial charge in [-0.2, -0.15) is 0 Å². The summed E-state index contributed by atoms with van der Waals surface area (Å²) in [4.78, 5) is 26.8. The monoisotopic (exact) mass is 430 g/mol. The first-order valence-electron chi connectivity index (χ1n) is 9.95. The fourth-order valence-electron chi connectivity index (χ4n) is 3.58. The van der Waals surface area contributed by atoms with E-state index in [0.29, 0.717) is 25.1 Å². The Morgan fingerprint density at radius 1 is 1.10 bits per heavy atom. The number of esters is 1. The maximum atomic E-state index is 13.3. The van der Waals surface area contributed by atoms with Gasteiger partial charge in [0, 0.05) is 20.1 Å². The first kappa shape index (κ1) is 21.8. The highest BCUT2D eigenvalue weighted by Crippen LogP contribution is 2.27. The first-order chi connectivity index (χ1) is 14.4. The fraction of sp³-hybridized carbons (Fsp3) is 0.364. The Balaban J connectivity index is 1.89. The normalized spacial score (nSPS) is 16.7. The highest BCUT2D eigenvalue weighted by Gasteiger charge is 2.33. The van der Waals surface area contributed by atoms with Gasteiger partial charge in [0.15, 0.2) is 0 Å². The molecular formula is C22H26N2O5S. The molecule has 0 spiro atoms. The summed E-state index contributed by atoms with van der Waals surface area (Å²) >= 11 is 0. The van der Waals surface area contributed by atoms with Crippen molar-refractivity contribution < 1.29 is 22.7 Å². The first-order valence-corrected chi connectivity index (χ1v) is 11.4. The van der Waals surface area contributed by atoms with Crippen molar-refractivity contribution in [2.24, 2.45) is 5.92 Å². The topological polar surface area (TPSA) is 84.0 Å². The van der Waals surface area contributed by atoms with E-state index in [9.17, 15) is 18.0 Å². The van der Waals surface area contributed by atoms with E-state index in [1.165, 1.54) is 19.2 Å². The number of hydrogen-bond donors (Lipinski definition) is 0. The minimum Gasteiger partial charge on any atom is -0.466 e. The van der Waals surface area contributed by atoms with Gasteiger partial charge in [-0.3, -0.25) is 13.9 Å². The summed E-state index contributed by atoms with van der Waals surface area (Å²) in [5, 5.41) is 0. The molecule has 2 aromatic carbocycles. The Kier molecular flexibility index (Phi) is 6.77. The predicted molar refractivity (Wildman–Crippen MR) is 114 cm³/mol. The molecule has 160 valence electrons. The fourth-order valence-corrected chi connectivity index (χ4v) is 4.96. The molecule has 0 saturated carbocycles. The lowest BCUT2D eigenvalue weighted by Gasteiger charge is -2.32. The number of rotatable bonds is 6. The summed E-state index contributed by atoms with van der Waals surface area (Å²) in [7, 11) is -2.49.